The zero-order valence-corrected chi connectivity index (χ0v) is 24.3. The van der Waals surface area contributed by atoms with Crippen molar-refractivity contribution in [2.75, 3.05) is 0 Å². The van der Waals surface area contributed by atoms with Crippen LogP contribution < -0.4 is 10.6 Å². The van der Waals surface area contributed by atoms with Crippen molar-refractivity contribution >= 4 is 67.2 Å². The molecule has 0 unspecified atom stereocenters. The van der Waals surface area contributed by atoms with Gasteiger partial charge in [0, 0.05) is 37.8 Å². The van der Waals surface area contributed by atoms with Crippen molar-refractivity contribution in [1.82, 2.24) is 9.13 Å². The molecule has 0 saturated carbocycles. The first kappa shape index (κ1) is 24.8. The standard InChI is InChI=1S/C41H28N2O/c1-3-30-26(2)44-41-33(30)16-11-19-40(41)43-37-18-10-8-15-32(37)35-25-28(21-23-39(35)43)27-20-22-38-34(24-27)31-14-7-9-17-36(31)42(38)29-12-5-4-6-13-29/h3-25H,2H2,1H3. The Morgan fingerprint density at radius 1 is 0.523 bits per heavy atom. The summed E-state index contributed by atoms with van der Waals surface area (Å²) in [7, 11) is 0. The second-order valence-electron chi connectivity index (χ2n) is 11.4. The molecule has 0 fully saturated rings. The molecule has 0 aliphatic heterocycles. The summed E-state index contributed by atoms with van der Waals surface area (Å²) < 4.78 is 11.0. The molecule has 0 aliphatic rings. The monoisotopic (exact) mass is 564 g/mol. The lowest BCUT2D eigenvalue weighted by atomic mass is 10.0. The van der Waals surface area contributed by atoms with E-state index in [0.717, 1.165) is 32.9 Å². The third kappa shape index (κ3) is 3.44. The van der Waals surface area contributed by atoms with Gasteiger partial charge in [-0.3, -0.25) is 0 Å². The summed E-state index contributed by atoms with van der Waals surface area (Å²) in [5.74, 6) is 0. The van der Waals surface area contributed by atoms with Crippen LogP contribution in [0.15, 0.2) is 138 Å². The lowest BCUT2D eigenvalue weighted by Gasteiger charge is -2.10. The summed E-state index contributed by atoms with van der Waals surface area (Å²) in [5.41, 5.74) is 10.9. The van der Waals surface area contributed by atoms with E-state index in [0.29, 0.717) is 5.42 Å². The first-order chi connectivity index (χ1) is 21.7. The van der Waals surface area contributed by atoms with Crippen LogP contribution in [0.1, 0.15) is 6.92 Å². The normalized spacial score (nSPS) is 12.4. The van der Waals surface area contributed by atoms with E-state index >= 15 is 0 Å². The third-order valence-corrected chi connectivity index (χ3v) is 9.03. The number of aromatic nitrogens is 2. The molecular formula is C41H28N2O. The number of fused-ring (bicyclic) bond motifs is 7. The molecule has 0 spiro atoms. The van der Waals surface area contributed by atoms with Crippen LogP contribution in [0.3, 0.4) is 0 Å². The fraction of sp³-hybridized carbons (Fsp3) is 0.0244. The topological polar surface area (TPSA) is 23.0 Å². The van der Waals surface area contributed by atoms with E-state index in [9.17, 15) is 0 Å². The maximum atomic E-state index is 6.28. The van der Waals surface area contributed by atoms with Gasteiger partial charge in [-0.05, 0) is 72.6 Å². The Bertz CT molecular complexity index is 2690. The molecule has 0 radical (unpaired) electrons. The van der Waals surface area contributed by atoms with Crippen LogP contribution in [-0.2, 0) is 0 Å². The van der Waals surface area contributed by atoms with E-state index in [-0.39, 0.29) is 0 Å². The fourth-order valence-electron chi connectivity index (χ4n) is 7.08. The molecule has 0 atom stereocenters. The molecule has 9 rings (SSSR count). The Labute approximate surface area is 253 Å². The summed E-state index contributed by atoms with van der Waals surface area (Å²) in [6.45, 7) is 6.20. The Hall–Kier alpha value is -5.80. The van der Waals surface area contributed by atoms with Crippen molar-refractivity contribution in [2.24, 2.45) is 0 Å². The molecule has 6 aromatic carbocycles. The van der Waals surface area contributed by atoms with Gasteiger partial charge in [-0.25, -0.2) is 0 Å². The minimum Gasteiger partial charge on any atom is -0.454 e. The highest BCUT2D eigenvalue weighted by Gasteiger charge is 2.18. The number of hydrogen-bond acceptors (Lipinski definition) is 1. The zero-order valence-electron chi connectivity index (χ0n) is 24.3. The van der Waals surface area contributed by atoms with Crippen LogP contribution in [0.4, 0.5) is 0 Å². The molecule has 44 heavy (non-hydrogen) atoms. The van der Waals surface area contributed by atoms with Crippen molar-refractivity contribution in [3.63, 3.8) is 0 Å². The first-order valence-corrected chi connectivity index (χ1v) is 15.0. The lowest BCUT2D eigenvalue weighted by molar-refractivity contribution is 0.576. The van der Waals surface area contributed by atoms with Gasteiger partial charge < -0.3 is 13.6 Å². The minimum atomic E-state index is 0.696. The maximum Gasteiger partial charge on any atom is 0.159 e. The predicted octanol–water partition coefficient (Wildman–Crippen LogP) is 9.50. The average Bonchev–Trinajstić information content (AvgIpc) is 3.71. The van der Waals surface area contributed by atoms with Crippen molar-refractivity contribution in [2.45, 2.75) is 6.92 Å². The molecule has 3 heterocycles. The summed E-state index contributed by atoms with van der Waals surface area (Å²) in [4.78, 5) is 0. The molecule has 0 N–H and O–H groups in total. The second kappa shape index (κ2) is 9.35. The Balaban J connectivity index is 1.28. The fourth-order valence-corrected chi connectivity index (χ4v) is 7.08. The number of rotatable bonds is 3. The van der Waals surface area contributed by atoms with Gasteiger partial charge in [0.1, 0.15) is 5.42 Å². The number of nitrogens with zero attached hydrogens (tertiary/aromatic N) is 2. The molecule has 9 aromatic rings. The molecule has 208 valence electrons. The van der Waals surface area contributed by atoms with Crippen molar-refractivity contribution in [3.05, 3.63) is 144 Å². The number of hydrogen-bond donors (Lipinski definition) is 0. The van der Waals surface area contributed by atoms with Gasteiger partial charge in [-0.15, -0.1) is 0 Å². The summed E-state index contributed by atoms with van der Waals surface area (Å²) in [5, 5.41) is 7.07. The molecular weight excluding hydrogens is 536 g/mol. The van der Waals surface area contributed by atoms with Crippen LogP contribution in [0.25, 0.3) is 89.7 Å². The molecule has 3 nitrogen and oxygen atoms in total. The number of para-hydroxylation sites is 4. The summed E-state index contributed by atoms with van der Waals surface area (Å²) >= 11 is 0. The molecule has 0 bridgehead atoms. The van der Waals surface area contributed by atoms with E-state index in [1.807, 2.05) is 6.92 Å². The summed E-state index contributed by atoms with van der Waals surface area (Å²) in [6.07, 6.45) is 2.07. The SMILES string of the molecule is C=c1oc2c(-n3c4ccccc4c4cc(-c5ccc6c(c5)c5ccccc5n6-c5ccccc5)ccc43)cccc2c1=CC. The van der Waals surface area contributed by atoms with Crippen LogP contribution in [-0.4, -0.2) is 9.13 Å². The van der Waals surface area contributed by atoms with Gasteiger partial charge in [0.2, 0.25) is 0 Å². The van der Waals surface area contributed by atoms with Crippen LogP contribution in [0.5, 0.6) is 0 Å². The number of furan rings is 1. The highest BCUT2D eigenvalue weighted by atomic mass is 16.3. The van der Waals surface area contributed by atoms with Gasteiger partial charge >= 0.3 is 0 Å². The lowest BCUT2D eigenvalue weighted by Crippen LogP contribution is -2.16. The predicted molar refractivity (Wildman–Crippen MR) is 185 cm³/mol. The van der Waals surface area contributed by atoms with Gasteiger partial charge in [-0.2, -0.15) is 0 Å². The van der Waals surface area contributed by atoms with E-state index in [1.165, 1.54) is 49.4 Å². The molecule has 0 saturated heterocycles. The second-order valence-corrected chi connectivity index (χ2v) is 11.4. The zero-order chi connectivity index (χ0) is 29.4. The van der Waals surface area contributed by atoms with Crippen molar-refractivity contribution < 1.29 is 4.42 Å². The largest absolute Gasteiger partial charge is 0.454 e. The van der Waals surface area contributed by atoms with Gasteiger partial charge in [0.15, 0.2) is 5.58 Å². The first-order valence-electron chi connectivity index (χ1n) is 15.0. The maximum absolute atomic E-state index is 6.28. The number of benzene rings is 6. The summed E-state index contributed by atoms with van der Waals surface area (Å²) in [6, 6.07) is 48.0. The van der Waals surface area contributed by atoms with Crippen LogP contribution in [0.2, 0.25) is 0 Å². The Morgan fingerprint density at radius 3 is 1.73 bits per heavy atom. The Kier molecular flexibility index (Phi) is 5.26. The molecule has 0 amide bonds. The van der Waals surface area contributed by atoms with Gasteiger partial charge in [0.05, 0.1) is 27.8 Å². The van der Waals surface area contributed by atoms with E-state index in [1.54, 1.807) is 0 Å². The van der Waals surface area contributed by atoms with Crippen LogP contribution in [0, 0.1) is 0 Å². The highest BCUT2D eigenvalue weighted by molar-refractivity contribution is 6.13. The highest BCUT2D eigenvalue weighted by Crippen LogP contribution is 2.38. The van der Waals surface area contributed by atoms with E-state index < -0.39 is 0 Å². The van der Waals surface area contributed by atoms with E-state index in [4.69, 9.17) is 4.42 Å². The van der Waals surface area contributed by atoms with E-state index in [2.05, 4.69) is 155 Å². The van der Waals surface area contributed by atoms with Crippen molar-refractivity contribution in [3.8, 4) is 22.5 Å². The minimum absolute atomic E-state index is 0.696. The Morgan fingerprint density at radius 2 is 1.07 bits per heavy atom. The molecule has 3 heteroatoms. The van der Waals surface area contributed by atoms with Crippen molar-refractivity contribution in [1.29, 1.82) is 0 Å². The van der Waals surface area contributed by atoms with Gasteiger partial charge in [-0.1, -0.05) is 91.5 Å². The van der Waals surface area contributed by atoms with Crippen LogP contribution >= 0.6 is 0 Å². The molecule has 0 aliphatic carbocycles. The third-order valence-electron chi connectivity index (χ3n) is 9.03. The quantitative estimate of drug-likeness (QED) is 0.210. The smallest absolute Gasteiger partial charge is 0.159 e. The van der Waals surface area contributed by atoms with Gasteiger partial charge in [0.25, 0.3) is 0 Å². The average molecular weight is 565 g/mol. The molecule has 3 aromatic heterocycles.